The number of rotatable bonds is 2. The molecule has 1 amide bonds. The lowest BCUT2D eigenvalue weighted by Gasteiger charge is -2.28. The second-order valence-electron chi connectivity index (χ2n) is 4.80. The number of amides is 1. The second-order valence-corrected chi connectivity index (χ2v) is 4.80. The molecule has 104 valence electrons. The number of H-pyrrole nitrogens is 1. The summed E-state index contributed by atoms with van der Waals surface area (Å²) < 4.78 is 0. The lowest BCUT2D eigenvalue weighted by molar-refractivity contribution is 0.0599. The van der Waals surface area contributed by atoms with Crippen LogP contribution in [0.4, 0.5) is 0 Å². The standard InChI is InChI=1S/C13H18N2O4/c16-8-10-4-2-1-3-5-15(10)13(19)9-6-11(17)14-12(18)7-9/h6-7,10,16H,1-5,8H2,(H2,14,17,18). The van der Waals surface area contributed by atoms with E-state index < -0.39 is 5.56 Å². The van der Waals surface area contributed by atoms with E-state index in [1.165, 1.54) is 12.1 Å². The third-order valence-corrected chi connectivity index (χ3v) is 3.43. The lowest BCUT2D eigenvalue weighted by atomic mass is 10.1. The molecule has 3 N–H and O–H groups in total. The number of aromatic amines is 1. The van der Waals surface area contributed by atoms with Crippen molar-refractivity contribution in [2.24, 2.45) is 0 Å². The normalized spacial score (nSPS) is 20.1. The van der Waals surface area contributed by atoms with Crippen molar-refractivity contribution in [1.82, 2.24) is 9.88 Å². The smallest absolute Gasteiger partial charge is 0.254 e. The molecule has 1 saturated heterocycles. The maximum atomic E-state index is 12.4. The molecule has 1 unspecified atom stereocenters. The van der Waals surface area contributed by atoms with E-state index in [1.807, 2.05) is 0 Å². The van der Waals surface area contributed by atoms with Gasteiger partial charge in [0.05, 0.1) is 18.2 Å². The van der Waals surface area contributed by atoms with Crippen LogP contribution in [0.1, 0.15) is 36.0 Å². The number of aliphatic hydroxyl groups is 1. The van der Waals surface area contributed by atoms with E-state index in [-0.39, 0.29) is 30.0 Å². The fourth-order valence-electron chi connectivity index (χ4n) is 2.45. The molecule has 0 aromatic carbocycles. The van der Waals surface area contributed by atoms with Gasteiger partial charge in [0, 0.05) is 18.7 Å². The van der Waals surface area contributed by atoms with Gasteiger partial charge in [-0.25, -0.2) is 0 Å². The van der Waals surface area contributed by atoms with Gasteiger partial charge in [-0.1, -0.05) is 12.8 Å². The molecule has 0 spiro atoms. The van der Waals surface area contributed by atoms with Gasteiger partial charge in [-0.2, -0.15) is 0 Å². The lowest BCUT2D eigenvalue weighted by Crippen LogP contribution is -2.42. The van der Waals surface area contributed by atoms with E-state index in [0.29, 0.717) is 6.54 Å². The van der Waals surface area contributed by atoms with E-state index in [4.69, 9.17) is 0 Å². The molecular weight excluding hydrogens is 248 g/mol. The summed E-state index contributed by atoms with van der Waals surface area (Å²) in [7, 11) is 0. The van der Waals surface area contributed by atoms with Crippen LogP contribution in [0.15, 0.2) is 16.9 Å². The Morgan fingerprint density at radius 2 is 2.16 bits per heavy atom. The zero-order valence-corrected chi connectivity index (χ0v) is 10.6. The third-order valence-electron chi connectivity index (χ3n) is 3.43. The van der Waals surface area contributed by atoms with Crippen molar-refractivity contribution < 1.29 is 15.0 Å². The SMILES string of the molecule is O=C(c1cc(O)[nH]c(=O)c1)N1CCCCCC1CO. The zero-order valence-electron chi connectivity index (χ0n) is 10.6. The van der Waals surface area contributed by atoms with Crippen LogP contribution in [0.25, 0.3) is 0 Å². The number of hydrogen-bond donors (Lipinski definition) is 3. The van der Waals surface area contributed by atoms with Gasteiger partial charge in [-0.3, -0.25) is 14.6 Å². The van der Waals surface area contributed by atoms with Crippen molar-refractivity contribution >= 4 is 5.91 Å². The first-order valence-corrected chi connectivity index (χ1v) is 6.47. The molecule has 0 saturated carbocycles. The number of aromatic nitrogens is 1. The highest BCUT2D eigenvalue weighted by atomic mass is 16.3. The maximum Gasteiger partial charge on any atom is 0.254 e. The monoisotopic (exact) mass is 266 g/mol. The Bertz CT molecular complexity index is 512. The molecule has 2 heterocycles. The minimum Gasteiger partial charge on any atom is -0.494 e. The van der Waals surface area contributed by atoms with Crippen molar-refractivity contribution in [3.63, 3.8) is 0 Å². The molecule has 1 aromatic rings. The van der Waals surface area contributed by atoms with Crippen molar-refractivity contribution in [3.8, 4) is 5.88 Å². The average Bonchev–Trinajstić information content (AvgIpc) is 2.61. The van der Waals surface area contributed by atoms with Gasteiger partial charge in [0.25, 0.3) is 11.5 Å². The van der Waals surface area contributed by atoms with Crippen molar-refractivity contribution in [1.29, 1.82) is 0 Å². The summed E-state index contributed by atoms with van der Waals surface area (Å²) >= 11 is 0. The number of carbonyl (C=O) groups excluding carboxylic acids is 1. The van der Waals surface area contributed by atoms with Gasteiger partial charge in [-0.05, 0) is 12.8 Å². The molecule has 6 nitrogen and oxygen atoms in total. The van der Waals surface area contributed by atoms with Crippen LogP contribution in [0.3, 0.4) is 0 Å². The highest BCUT2D eigenvalue weighted by molar-refractivity contribution is 5.94. The van der Waals surface area contributed by atoms with Gasteiger partial charge >= 0.3 is 0 Å². The summed E-state index contributed by atoms with van der Waals surface area (Å²) in [4.78, 5) is 27.4. The van der Waals surface area contributed by atoms with Crippen LogP contribution >= 0.6 is 0 Å². The van der Waals surface area contributed by atoms with Crippen LogP contribution in [-0.4, -0.2) is 45.2 Å². The van der Waals surface area contributed by atoms with E-state index in [2.05, 4.69) is 4.98 Å². The van der Waals surface area contributed by atoms with Crippen molar-refractivity contribution in [2.75, 3.05) is 13.2 Å². The number of nitrogens with zero attached hydrogens (tertiary/aromatic N) is 1. The summed E-state index contributed by atoms with van der Waals surface area (Å²) in [6, 6.07) is 2.20. The fraction of sp³-hybridized carbons (Fsp3) is 0.538. The second kappa shape index (κ2) is 5.88. The van der Waals surface area contributed by atoms with Gasteiger partial charge in [0.15, 0.2) is 5.88 Å². The van der Waals surface area contributed by atoms with E-state index in [0.717, 1.165) is 25.7 Å². The molecule has 1 aliphatic rings. The van der Waals surface area contributed by atoms with Crippen LogP contribution in [0.2, 0.25) is 0 Å². The van der Waals surface area contributed by atoms with Gasteiger partial charge < -0.3 is 15.1 Å². The van der Waals surface area contributed by atoms with E-state index in [9.17, 15) is 19.8 Å². The summed E-state index contributed by atoms with van der Waals surface area (Å²) in [6.07, 6.45) is 3.66. The summed E-state index contributed by atoms with van der Waals surface area (Å²) in [6.45, 7) is 0.485. The quantitative estimate of drug-likeness (QED) is 0.724. The number of aromatic hydroxyl groups is 1. The minimum absolute atomic E-state index is 0.0824. The zero-order chi connectivity index (χ0) is 13.8. The topological polar surface area (TPSA) is 93.6 Å². The Morgan fingerprint density at radius 1 is 1.37 bits per heavy atom. The van der Waals surface area contributed by atoms with E-state index in [1.54, 1.807) is 4.90 Å². The molecule has 1 fully saturated rings. The minimum atomic E-state index is -0.515. The Kier molecular flexibility index (Phi) is 4.21. The summed E-state index contributed by atoms with van der Waals surface area (Å²) in [5.41, 5.74) is -0.361. The first-order valence-electron chi connectivity index (χ1n) is 6.47. The van der Waals surface area contributed by atoms with Crippen LogP contribution in [-0.2, 0) is 0 Å². The Labute approximate surface area is 110 Å². The molecule has 0 radical (unpaired) electrons. The van der Waals surface area contributed by atoms with Gasteiger partial charge in [0.1, 0.15) is 0 Å². The highest BCUT2D eigenvalue weighted by Crippen LogP contribution is 2.19. The molecule has 19 heavy (non-hydrogen) atoms. The molecule has 6 heteroatoms. The number of likely N-dealkylation sites (tertiary alicyclic amines) is 1. The first kappa shape index (κ1) is 13.6. The maximum absolute atomic E-state index is 12.4. The Morgan fingerprint density at radius 3 is 2.84 bits per heavy atom. The number of carbonyl (C=O) groups is 1. The van der Waals surface area contributed by atoms with Crippen molar-refractivity contribution in [3.05, 3.63) is 28.0 Å². The number of aliphatic hydroxyl groups excluding tert-OH is 1. The number of pyridine rings is 1. The molecular formula is C13H18N2O4. The number of hydrogen-bond acceptors (Lipinski definition) is 4. The van der Waals surface area contributed by atoms with Crippen LogP contribution < -0.4 is 5.56 Å². The molecule has 1 aromatic heterocycles. The largest absolute Gasteiger partial charge is 0.494 e. The third kappa shape index (κ3) is 3.14. The molecule has 0 bridgehead atoms. The number of nitrogens with one attached hydrogen (secondary N) is 1. The van der Waals surface area contributed by atoms with Crippen LogP contribution in [0.5, 0.6) is 5.88 Å². The predicted molar refractivity (Wildman–Crippen MR) is 69.1 cm³/mol. The fourth-order valence-corrected chi connectivity index (χ4v) is 2.45. The molecule has 1 atom stereocenters. The van der Waals surface area contributed by atoms with Crippen molar-refractivity contribution in [2.45, 2.75) is 31.7 Å². The van der Waals surface area contributed by atoms with Crippen LogP contribution in [0, 0.1) is 0 Å². The summed E-state index contributed by atoms with van der Waals surface area (Å²) in [5.74, 6) is -0.645. The molecule has 1 aliphatic heterocycles. The highest BCUT2D eigenvalue weighted by Gasteiger charge is 2.26. The molecule has 0 aliphatic carbocycles. The molecule has 2 rings (SSSR count). The Balaban J connectivity index is 2.27. The van der Waals surface area contributed by atoms with Gasteiger partial charge in [0.2, 0.25) is 0 Å². The van der Waals surface area contributed by atoms with E-state index >= 15 is 0 Å². The summed E-state index contributed by atoms with van der Waals surface area (Å²) in [5, 5.41) is 18.7. The average molecular weight is 266 g/mol. The first-order chi connectivity index (χ1) is 9.11. The predicted octanol–water partition coefficient (Wildman–Crippen LogP) is 0.458. The Hall–Kier alpha value is -1.82. The van der Waals surface area contributed by atoms with Gasteiger partial charge in [-0.15, -0.1) is 0 Å².